The van der Waals surface area contributed by atoms with E-state index in [0.717, 1.165) is 39.4 Å². The Morgan fingerprint density at radius 1 is 1.11 bits per heavy atom. The second-order valence-corrected chi connectivity index (χ2v) is 10.2. The number of hydrogen-bond donors (Lipinski definition) is 3. The lowest BCUT2D eigenvalue weighted by molar-refractivity contribution is -0.136. The van der Waals surface area contributed by atoms with Crippen LogP contribution in [-0.2, 0) is 17.8 Å². The van der Waals surface area contributed by atoms with Crippen molar-refractivity contribution in [3.63, 3.8) is 0 Å². The molecule has 8 nitrogen and oxygen atoms in total. The fourth-order valence-corrected chi connectivity index (χ4v) is 5.98. The molecule has 0 radical (unpaired) electrons. The highest BCUT2D eigenvalue weighted by Gasteiger charge is 2.25. The molecule has 0 amide bonds. The van der Waals surface area contributed by atoms with Crippen molar-refractivity contribution in [2.24, 2.45) is 0 Å². The topological polar surface area (TPSA) is 105 Å². The molecule has 0 spiro atoms. The molecule has 0 bridgehead atoms. The van der Waals surface area contributed by atoms with Gasteiger partial charge in [0, 0.05) is 63.9 Å². The van der Waals surface area contributed by atoms with Gasteiger partial charge in [0.05, 0.1) is 6.42 Å². The summed E-state index contributed by atoms with van der Waals surface area (Å²) in [5.74, 6) is 1.96. The van der Waals surface area contributed by atoms with Gasteiger partial charge in [0.1, 0.15) is 0 Å². The summed E-state index contributed by atoms with van der Waals surface area (Å²) in [4.78, 5) is 26.5. The van der Waals surface area contributed by atoms with Gasteiger partial charge in [0.2, 0.25) is 11.9 Å². The van der Waals surface area contributed by atoms with Gasteiger partial charge in [-0.25, -0.2) is 0 Å². The molecule has 36 heavy (non-hydrogen) atoms. The fourth-order valence-electron chi connectivity index (χ4n) is 4.58. The van der Waals surface area contributed by atoms with Crippen molar-refractivity contribution in [2.45, 2.75) is 37.6 Å². The predicted molar refractivity (Wildman–Crippen MR) is 145 cm³/mol. The molecular formula is C26H27ClN6O2S. The van der Waals surface area contributed by atoms with E-state index in [9.17, 15) is 9.90 Å². The SMILES string of the molecule is CCNc1nc(NCC)nc(-c2ccc3c(CC(=O)O)cn(CC4CSc5ccc(Cl)cc54)c3c2)n1. The molecule has 3 N–H and O–H groups in total. The standard InChI is InChI=1S/C26H27ClN6O2S/c1-3-28-25-30-24(31-26(32-25)29-4-2)15-5-7-19-16(10-23(34)35)12-33(21(19)9-15)13-17-14-36-22-8-6-18(27)11-20(17)22/h5-9,11-12,17H,3-4,10,13-14H2,1-2H3,(H,34,35)(H2,28,29,30,31,32). The molecule has 2 aromatic heterocycles. The number of carboxylic acid groups (broad SMARTS) is 1. The number of nitrogens with zero attached hydrogens (tertiary/aromatic N) is 4. The Kier molecular flexibility index (Phi) is 7.02. The molecule has 0 saturated heterocycles. The number of carbonyl (C=O) groups is 1. The number of aromatic nitrogens is 4. The number of nitrogens with one attached hydrogen (secondary N) is 2. The average molecular weight is 523 g/mol. The summed E-state index contributed by atoms with van der Waals surface area (Å²) in [6, 6.07) is 12.0. The Morgan fingerprint density at radius 3 is 2.56 bits per heavy atom. The number of thioether (sulfide) groups is 1. The van der Waals surface area contributed by atoms with E-state index < -0.39 is 5.97 Å². The monoisotopic (exact) mass is 522 g/mol. The van der Waals surface area contributed by atoms with Crippen molar-refractivity contribution < 1.29 is 9.90 Å². The van der Waals surface area contributed by atoms with E-state index in [-0.39, 0.29) is 12.3 Å². The van der Waals surface area contributed by atoms with Crippen LogP contribution in [0.4, 0.5) is 11.9 Å². The number of fused-ring (bicyclic) bond motifs is 2. The highest BCUT2D eigenvalue weighted by Crippen LogP contribution is 2.42. The summed E-state index contributed by atoms with van der Waals surface area (Å²) >= 11 is 8.13. The zero-order chi connectivity index (χ0) is 25.2. The first-order valence-corrected chi connectivity index (χ1v) is 13.3. The van der Waals surface area contributed by atoms with E-state index in [1.54, 1.807) is 0 Å². The third-order valence-corrected chi connectivity index (χ3v) is 7.63. The first-order valence-electron chi connectivity index (χ1n) is 11.9. The van der Waals surface area contributed by atoms with E-state index in [4.69, 9.17) is 11.6 Å². The first-order chi connectivity index (χ1) is 17.4. The van der Waals surface area contributed by atoms with Crippen LogP contribution >= 0.6 is 23.4 Å². The van der Waals surface area contributed by atoms with Crippen LogP contribution in [0.1, 0.15) is 30.9 Å². The Hall–Kier alpha value is -3.30. The van der Waals surface area contributed by atoms with Crippen LogP contribution < -0.4 is 10.6 Å². The smallest absolute Gasteiger partial charge is 0.307 e. The number of halogens is 1. The van der Waals surface area contributed by atoms with Crippen LogP contribution in [0, 0.1) is 0 Å². The molecule has 3 heterocycles. The molecule has 5 rings (SSSR count). The number of hydrogen-bond acceptors (Lipinski definition) is 7. The first kappa shape index (κ1) is 24.4. The number of benzene rings is 2. The van der Waals surface area contributed by atoms with Crippen molar-refractivity contribution in [3.8, 4) is 11.4 Å². The van der Waals surface area contributed by atoms with E-state index in [0.29, 0.717) is 30.8 Å². The predicted octanol–water partition coefficient (Wildman–Crippen LogP) is 5.53. The number of aliphatic carboxylic acids is 1. The summed E-state index contributed by atoms with van der Waals surface area (Å²) in [5.41, 5.74) is 3.83. The van der Waals surface area contributed by atoms with Gasteiger partial charge in [-0.1, -0.05) is 23.7 Å². The van der Waals surface area contributed by atoms with E-state index in [1.807, 2.05) is 62.1 Å². The molecule has 1 aliphatic rings. The van der Waals surface area contributed by atoms with Crippen molar-refractivity contribution in [3.05, 3.63) is 58.7 Å². The molecule has 4 aromatic rings. The molecule has 1 aliphatic heterocycles. The maximum atomic E-state index is 11.6. The molecule has 10 heteroatoms. The summed E-state index contributed by atoms with van der Waals surface area (Å²) in [7, 11) is 0. The fraction of sp³-hybridized carbons (Fsp3) is 0.308. The minimum absolute atomic E-state index is 0.0361. The lowest BCUT2D eigenvalue weighted by Gasteiger charge is -2.14. The molecule has 0 fully saturated rings. The van der Waals surface area contributed by atoms with Crippen molar-refractivity contribution in [1.29, 1.82) is 0 Å². The number of carboxylic acids is 1. The molecule has 1 atom stereocenters. The lowest BCUT2D eigenvalue weighted by Crippen LogP contribution is -2.10. The van der Waals surface area contributed by atoms with Gasteiger partial charge >= 0.3 is 5.97 Å². The van der Waals surface area contributed by atoms with Crippen LogP contribution in [-0.4, -0.2) is 49.4 Å². The summed E-state index contributed by atoms with van der Waals surface area (Å²) in [5, 5.41) is 17.5. The second kappa shape index (κ2) is 10.4. The highest BCUT2D eigenvalue weighted by molar-refractivity contribution is 7.99. The average Bonchev–Trinajstić information content (AvgIpc) is 3.39. The highest BCUT2D eigenvalue weighted by atomic mass is 35.5. The molecular weight excluding hydrogens is 496 g/mol. The summed E-state index contributed by atoms with van der Waals surface area (Å²) < 4.78 is 2.16. The van der Waals surface area contributed by atoms with Crippen LogP contribution in [0.15, 0.2) is 47.5 Å². The summed E-state index contributed by atoms with van der Waals surface area (Å²) in [6.07, 6.45) is 1.93. The van der Waals surface area contributed by atoms with E-state index in [2.05, 4.69) is 36.2 Å². The maximum Gasteiger partial charge on any atom is 0.307 e. The minimum atomic E-state index is -0.852. The van der Waals surface area contributed by atoms with Crippen molar-refractivity contribution >= 4 is 52.1 Å². The third-order valence-electron chi connectivity index (χ3n) is 6.14. The molecule has 0 saturated carbocycles. The van der Waals surface area contributed by atoms with Gasteiger partial charge in [0.25, 0.3) is 0 Å². The van der Waals surface area contributed by atoms with Gasteiger partial charge in [0.15, 0.2) is 5.82 Å². The zero-order valence-corrected chi connectivity index (χ0v) is 21.7. The van der Waals surface area contributed by atoms with E-state index in [1.165, 1.54) is 10.5 Å². The molecule has 1 unspecified atom stereocenters. The maximum absolute atomic E-state index is 11.6. The van der Waals surface area contributed by atoms with Crippen LogP contribution in [0.5, 0.6) is 0 Å². The van der Waals surface area contributed by atoms with Crippen LogP contribution in [0.25, 0.3) is 22.3 Å². The quantitative estimate of drug-likeness (QED) is 0.263. The molecule has 0 aliphatic carbocycles. The lowest BCUT2D eigenvalue weighted by atomic mass is 10.0. The minimum Gasteiger partial charge on any atom is -0.481 e. The van der Waals surface area contributed by atoms with Crippen molar-refractivity contribution in [1.82, 2.24) is 19.5 Å². The Morgan fingerprint density at radius 2 is 1.86 bits per heavy atom. The van der Waals surface area contributed by atoms with Gasteiger partial charge in [-0.2, -0.15) is 15.0 Å². The second-order valence-electron chi connectivity index (χ2n) is 8.67. The largest absolute Gasteiger partial charge is 0.481 e. The van der Waals surface area contributed by atoms with Gasteiger partial charge in [-0.15, -0.1) is 11.8 Å². The van der Waals surface area contributed by atoms with E-state index >= 15 is 0 Å². The molecule has 2 aromatic carbocycles. The number of anilines is 2. The Bertz CT molecular complexity index is 1420. The summed E-state index contributed by atoms with van der Waals surface area (Å²) in [6.45, 7) is 6.10. The van der Waals surface area contributed by atoms with Crippen LogP contribution in [0.3, 0.4) is 0 Å². The van der Waals surface area contributed by atoms with Gasteiger partial charge in [-0.05, 0) is 49.2 Å². The van der Waals surface area contributed by atoms with Gasteiger partial charge < -0.3 is 20.3 Å². The zero-order valence-electron chi connectivity index (χ0n) is 20.1. The van der Waals surface area contributed by atoms with Gasteiger partial charge in [-0.3, -0.25) is 4.79 Å². The third kappa shape index (κ3) is 4.99. The Balaban J connectivity index is 1.58. The molecule has 186 valence electrons. The Labute approximate surface area is 218 Å². The van der Waals surface area contributed by atoms with Crippen molar-refractivity contribution in [2.75, 3.05) is 29.5 Å². The van der Waals surface area contributed by atoms with Crippen LogP contribution in [0.2, 0.25) is 5.02 Å². The number of rotatable bonds is 9. The normalized spacial score (nSPS) is 14.7.